The molecule has 2 aliphatic heterocycles. The highest BCUT2D eigenvalue weighted by atomic mass is 31.1. The molecule has 0 aromatic heterocycles. The Morgan fingerprint density at radius 3 is 1.00 bits per heavy atom. The molecule has 0 saturated carbocycles. The Kier molecular flexibility index (Phi) is 6.55. The van der Waals surface area contributed by atoms with Crippen molar-refractivity contribution in [1.82, 2.24) is 0 Å². The molecule has 2 aliphatic rings. The van der Waals surface area contributed by atoms with Crippen molar-refractivity contribution in [2.75, 3.05) is 0 Å². The number of fused-ring (bicyclic) bond motifs is 4. The lowest BCUT2D eigenvalue weighted by Crippen LogP contribution is -2.31. The predicted molar refractivity (Wildman–Crippen MR) is 210 cm³/mol. The Morgan fingerprint density at radius 2 is 0.604 bits per heavy atom. The van der Waals surface area contributed by atoms with E-state index in [2.05, 4.69) is 182 Å². The molecule has 2 heteroatoms. The van der Waals surface area contributed by atoms with Crippen molar-refractivity contribution in [2.45, 2.75) is 0 Å². The molecule has 0 spiro atoms. The van der Waals surface area contributed by atoms with Gasteiger partial charge >= 0.3 is 0 Å². The molecule has 8 aromatic carbocycles. The van der Waals surface area contributed by atoms with Gasteiger partial charge in [0.05, 0.1) is 0 Å². The molecule has 0 aliphatic carbocycles. The second-order valence-electron chi connectivity index (χ2n) is 12.6. The van der Waals surface area contributed by atoms with Crippen molar-refractivity contribution < 1.29 is 0 Å². The lowest BCUT2D eigenvalue weighted by Gasteiger charge is -2.35. The minimum absolute atomic E-state index is 0.764. The Labute approximate surface area is 283 Å². The van der Waals surface area contributed by atoms with Crippen molar-refractivity contribution in [1.29, 1.82) is 0 Å². The Bertz CT molecular complexity index is 2310. The molecule has 48 heavy (non-hydrogen) atoms. The molecule has 8 aromatic rings. The van der Waals surface area contributed by atoms with Crippen LogP contribution in [0, 0.1) is 0 Å². The minimum atomic E-state index is -0.764. The highest BCUT2D eigenvalue weighted by molar-refractivity contribution is 7.81. The second kappa shape index (κ2) is 11.2. The van der Waals surface area contributed by atoms with Gasteiger partial charge in [-0.25, -0.2) is 0 Å². The zero-order chi connectivity index (χ0) is 31.6. The SMILES string of the molecule is c1ccc(-c2ccc3c(c2)P(c2ccccc2)c2ccc4c5c(ccc-3c25)-c2ccc(-c3ccccc3)cc2P4c2ccccc2)cc1. The van der Waals surface area contributed by atoms with Gasteiger partial charge in [0.15, 0.2) is 0 Å². The maximum atomic E-state index is 2.49. The van der Waals surface area contributed by atoms with Crippen LogP contribution >= 0.6 is 15.8 Å². The van der Waals surface area contributed by atoms with Crippen LogP contribution in [0.5, 0.6) is 0 Å². The second-order valence-corrected chi connectivity index (χ2v) is 16.9. The molecular formula is C46H30P2. The summed E-state index contributed by atoms with van der Waals surface area (Å²) in [5.74, 6) is 0. The molecule has 2 atom stereocenters. The van der Waals surface area contributed by atoms with Crippen LogP contribution in [-0.4, -0.2) is 0 Å². The summed E-state index contributed by atoms with van der Waals surface area (Å²) in [5, 5.41) is 11.5. The highest BCUT2D eigenvalue weighted by Gasteiger charge is 2.35. The van der Waals surface area contributed by atoms with Crippen LogP contribution in [0.2, 0.25) is 0 Å². The maximum absolute atomic E-state index is 2.49. The van der Waals surface area contributed by atoms with E-state index < -0.39 is 15.8 Å². The summed E-state index contributed by atoms with van der Waals surface area (Å²) in [4.78, 5) is 0. The molecule has 0 radical (unpaired) electrons. The highest BCUT2D eigenvalue weighted by Crippen LogP contribution is 2.52. The molecule has 0 saturated heterocycles. The molecule has 10 rings (SSSR count). The zero-order valence-electron chi connectivity index (χ0n) is 26.2. The average Bonchev–Trinajstić information content (AvgIpc) is 3.17. The minimum Gasteiger partial charge on any atom is -0.0622 e. The van der Waals surface area contributed by atoms with Crippen LogP contribution < -0.4 is 31.8 Å². The molecule has 224 valence electrons. The fourth-order valence-corrected chi connectivity index (χ4v) is 13.1. The summed E-state index contributed by atoms with van der Waals surface area (Å²) < 4.78 is 0. The van der Waals surface area contributed by atoms with Crippen LogP contribution in [0.1, 0.15) is 0 Å². The molecule has 0 N–H and O–H groups in total. The van der Waals surface area contributed by atoms with Gasteiger partial charge in [-0.1, -0.05) is 170 Å². The van der Waals surface area contributed by atoms with Crippen molar-refractivity contribution >= 4 is 58.4 Å². The quantitative estimate of drug-likeness (QED) is 0.168. The van der Waals surface area contributed by atoms with Crippen molar-refractivity contribution in [3.05, 3.63) is 182 Å². The van der Waals surface area contributed by atoms with E-state index in [1.165, 1.54) is 87.1 Å². The van der Waals surface area contributed by atoms with Crippen molar-refractivity contribution in [3.8, 4) is 44.5 Å². The summed E-state index contributed by atoms with van der Waals surface area (Å²) in [7, 11) is -1.53. The van der Waals surface area contributed by atoms with Gasteiger partial charge in [-0.15, -0.1) is 0 Å². The van der Waals surface area contributed by atoms with E-state index >= 15 is 0 Å². The molecule has 0 bridgehead atoms. The van der Waals surface area contributed by atoms with E-state index in [0.717, 1.165) is 0 Å². The first-order valence-electron chi connectivity index (χ1n) is 16.5. The Balaban J connectivity index is 1.28. The monoisotopic (exact) mass is 644 g/mol. The van der Waals surface area contributed by atoms with Crippen LogP contribution in [0.25, 0.3) is 55.3 Å². The van der Waals surface area contributed by atoms with Crippen molar-refractivity contribution in [3.63, 3.8) is 0 Å². The largest absolute Gasteiger partial charge is 0.0622 e. The summed E-state index contributed by atoms with van der Waals surface area (Å²) in [6.07, 6.45) is 0. The number of hydrogen-bond donors (Lipinski definition) is 0. The first kappa shape index (κ1) is 27.9. The van der Waals surface area contributed by atoms with Gasteiger partial charge in [0.2, 0.25) is 0 Å². The topological polar surface area (TPSA) is 0 Å². The third-order valence-corrected chi connectivity index (χ3v) is 14.9. The fraction of sp³-hybridized carbons (Fsp3) is 0. The van der Waals surface area contributed by atoms with E-state index in [1.807, 2.05) is 0 Å². The molecule has 2 unspecified atom stereocenters. The summed E-state index contributed by atoms with van der Waals surface area (Å²) >= 11 is 0. The Hall–Kier alpha value is -5.12. The number of rotatable bonds is 4. The predicted octanol–water partition coefficient (Wildman–Crippen LogP) is 9.65. The van der Waals surface area contributed by atoms with E-state index in [1.54, 1.807) is 0 Å². The van der Waals surface area contributed by atoms with E-state index in [9.17, 15) is 0 Å². The smallest absolute Gasteiger partial charge is 0.000859 e. The van der Waals surface area contributed by atoms with Gasteiger partial charge in [-0.05, 0) is 115 Å². The molecule has 2 heterocycles. The summed E-state index contributed by atoms with van der Waals surface area (Å²) in [5.41, 5.74) is 10.6. The standard InChI is InChI=1S/C46H30P2/c1-5-13-31(14-6-1)33-21-23-37-39-25-26-40-38-24-22-34(32-15-7-2-8-16-32)30-44(38)48(36-19-11-4-12-20-36)42-28-27-41(45(39)46(40)42)47(43(37)29-33)35-17-9-3-10-18-35/h1-30H. The lowest BCUT2D eigenvalue weighted by molar-refractivity contribution is 1.61. The zero-order valence-corrected chi connectivity index (χ0v) is 28.0. The first-order chi connectivity index (χ1) is 23.8. The van der Waals surface area contributed by atoms with Gasteiger partial charge in [0, 0.05) is 0 Å². The Morgan fingerprint density at radius 1 is 0.250 bits per heavy atom. The van der Waals surface area contributed by atoms with Gasteiger partial charge in [-0.3, -0.25) is 0 Å². The van der Waals surface area contributed by atoms with Gasteiger partial charge in [-0.2, -0.15) is 0 Å². The van der Waals surface area contributed by atoms with Crippen LogP contribution in [0.3, 0.4) is 0 Å². The fourth-order valence-electron chi connectivity index (χ4n) is 7.76. The average molecular weight is 645 g/mol. The van der Waals surface area contributed by atoms with E-state index in [0.29, 0.717) is 0 Å². The normalized spacial score (nSPS) is 15.5. The van der Waals surface area contributed by atoms with Crippen LogP contribution in [0.4, 0.5) is 0 Å². The number of benzene rings is 8. The molecule has 0 fully saturated rings. The third-order valence-electron chi connectivity index (χ3n) is 9.90. The molecule has 0 nitrogen and oxygen atoms in total. The summed E-state index contributed by atoms with van der Waals surface area (Å²) in [6, 6.07) is 68.3. The van der Waals surface area contributed by atoms with Crippen LogP contribution in [-0.2, 0) is 0 Å². The lowest BCUT2D eigenvalue weighted by atomic mass is 9.90. The molecular weight excluding hydrogens is 614 g/mol. The van der Waals surface area contributed by atoms with E-state index in [4.69, 9.17) is 0 Å². The molecule has 0 amide bonds. The van der Waals surface area contributed by atoms with Gasteiger partial charge < -0.3 is 0 Å². The number of hydrogen-bond acceptors (Lipinski definition) is 0. The summed E-state index contributed by atoms with van der Waals surface area (Å²) in [6.45, 7) is 0. The van der Waals surface area contributed by atoms with Crippen LogP contribution in [0.15, 0.2) is 182 Å². The van der Waals surface area contributed by atoms with Gasteiger partial charge in [0.25, 0.3) is 0 Å². The van der Waals surface area contributed by atoms with Crippen molar-refractivity contribution in [2.24, 2.45) is 0 Å². The first-order valence-corrected chi connectivity index (χ1v) is 19.2. The van der Waals surface area contributed by atoms with Gasteiger partial charge in [0.1, 0.15) is 0 Å². The maximum Gasteiger partial charge on any atom is -0.000859 e. The third kappa shape index (κ3) is 4.31. The van der Waals surface area contributed by atoms with E-state index in [-0.39, 0.29) is 0 Å².